The number of aromatic nitrogens is 1. The molecule has 0 amide bonds. The van der Waals surface area contributed by atoms with Gasteiger partial charge in [0.1, 0.15) is 5.82 Å². The monoisotopic (exact) mass is 290 g/mol. The molecular weight excluding hydrogens is 264 g/mol. The zero-order valence-corrected chi connectivity index (χ0v) is 13.3. The highest BCUT2D eigenvalue weighted by atomic mass is 16.4. The lowest BCUT2D eigenvalue weighted by Crippen LogP contribution is -2.34. The van der Waals surface area contributed by atoms with Crippen LogP contribution in [0.15, 0.2) is 12.1 Å². The SMILES string of the molecule is CCCC1CCN(c2cc(C(=O)O)cc(C(C)C)n2)CC1. The van der Waals surface area contributed by atoms with Crippen molar-refractivity contribution in [1.29, 1.82) is 0 Å². The summed E-state index contributed by atoms with van der Waals surface area (Å²) < 4.78 is 0. The molecule has 0 bridgehead atoms. The van der Waals surface area contributed by atoms with Crippen molar-refractivity contribution in [1.82, 2.24) is 4.98 Å². The normalized spacial score (nSPS) is 16.5. The van der Waals surface area contributed by atoms with Crippen LogP contribution in [0.5, 0.6) is 0 Å². The van der Waals surface area contributed by atoms with E-state index in [9.17, 15) is 9.90 Å². The number of pyridine rings is 1. The summed E-state index contributed by atoms with van der Waals surface area (Å²) in [4.78, 5) is 18.2. The highest BCUT2D eigenvalue weighted by Crippen LogP contribution is 2.27. The average Bonchev–Trinajstić information content (AvgIpc) is 2.47. The van der Waals surface area contributed by atoms with Crippen LogP contribution in [0.4, 0.5) is 5.82 Å². The van der Waals surface area contributed by atoms with Crippen molar-refractivity contribution >= 4 is 11.8 Å². The van der Waals surface area contributed by atoms with Gasteiger partial charge in [-0.1, -0.05) is 33.6 Å². The van der Waals surface area contributed by atoms with Gasteiger partial charge in [-0.3, -0.25) is 0 Å². The van der Waals surface area contributed by atoms with Crippen molar-refractivity contribution in [2.24, 2.45) is 5.92 Å². The number of rotatable bonds is 5. The third-order valence-corrected chi connectivity index (χ3v) is 4.31. The lowest BCUT2D eigenvalue weighted by molar-refractivity contribution is 0.0696. The summed E-state index contributed by atoms with van der Waals surface area (Å²) in [5.74, 6) is 1.01. The van der Waals surface area contributed by atoms with E-state index in [4.69, 9.17) is 0 Å². The Hall–Kier alpha value is -1.58. The molecule has 1 saturated heterocycles. The molecule has 0 unspecified atom stereocenters. The molecule has 116 valence electrons. The molecule has 2 rings (SSSR count). The van der Waals surface area contributed by atoms with Gasteiger partial charge in [-0.15, -0.1) is 0 Å². The highest BCUT2D eigenvalue weighted by molar-refractivity contribution is 5.88. The molecule has 0 spiro atoms. The van der Waals surface area contributed by atoms with Crippen LogP contribution < -0.4 is 4.90 Å². The van der Waals surface area contributed by atoms with E-state index in [2.05, 4.69) is 16.8 Å². The zero-order valence-electron chi connectivity index (χ0n) is 13.3. The van der Waals surface area contributed by atoms with Gasteiger partial charge in [0.05, 0.1) is 5.56 Å². The number of piperidine rings is 1. The van der Waals surface area contributed by atoms with Crippen molar-refractivity contribution < 1.29 is 9.90 Å². The highest BCUT2D eigenvalue weighted by Gasteiger charge is 2.21. The zero-order chi connectivity index (χ0) is 15.4. The van der Waals surface area contributed by atoms with Crippen LogP contribution in [-0.4, -0.2) is 29.1 Å². The maximum absolute atomic E-state index is 11.3. The van der Waals surface area contributed by atoms with Crippen LogP contribution in [0.25, 0.3) is 0 Å². The minimum Gasteiger partial charge on any atom is -0.478 e. The molecule has 1 aliphatic rings. The Kier molecular flexibility index (Phi) is 5.21. The third kappa shape index (κ3) is 3.96. The van der Waals surface area contributed by atoms with Crippen molar-refractivity contribution in [2.45, 2.75) is 52.4 Å². The fourth-order valence-corrected chi connectivity index (χ4v) is 2.98. The van der Waals surface area contributed by atoms with Crippen LogP contribution >= 0.6 is 0 Å². The molecule has 1 aromatic heterocycles. The molecule has 4 heteroatoms. The summed E-state index contributed by atoms with van der Waals surface area (Å²) in [7, 11) is 0. The summed E-state index contributed by atoms with van der Waals surface area (Å²) in [6.07, 6.45) is 4.91. The molecular formula is C17H26N2O2. The van der Waals surface area contributed by atoms with Gasteiger partial charge in [-0.05, 0) is 36.8 Å². The number of anilines is 1. The minimum absolute atomic E-state index is 0.237. The van der Waals surface area contributed by atoms with Crippen LogP contribution in [0.3, 0.4) is 0 Å². The fraction of sp³-hybridized carbons (Fsp3) is 0.647. The Labute approximate surface area is 127 Å². The number of hydrogen-bond acceptors (Lipinski definition) is 3. The van der Waals surface area contributed by atoms with Crippen molar-refractivity contribution in [3.63, 3.8) is 0 Å². The first-order valence-electron chi connectivity index (χ1n) is 8.01. The lowest BCUT2D eigenvalue weighted by atomic mass is 9.92. The minimum atomic E-state index is -0.874. The van der Waals surface area contributed by atoms with Crippen LogP contribution in [0, 0.1) is 5.92 Å². The Morgan fingerprint density at radius 1 is 1.38 bits per heavy atom. The molecule has 0 radical (unpaired) electrons. The van der Waals surface area contributed by atoms with Crippen LogP contribution in [0.2, 0.25) is 0 Å². The summed E-state index contributed by atoms with van der Waals surface area (Å²) in [5.41, 5.74) is 1.21. The van der Waals surface area contributed by atoms with E-state index in [0.717, 1.165) is 30.5 Å². The first-order chi connectivity index (χ1) is 10.0. The second-order valence-electron chi connectivity index (χ2n) is 6.32. The Morgan fingerprint density at radius 3 is 2.57 bits per heavy atom. The number of carbonyl (C=O) groups is 1. The van der Waals surface area contributed by atoms with Gasteiger partial charge < -0.3 is 10.0 Å². The predicted octanol–water partition coefficient (Wildman–Crippen LogP) is 3.92. The molecule has 0 aromatic carbocycles. The van der Waals surface area contributed by atoms with E-state index in [-0.39, 0.29) is 5.92 Å². The van der Waals surface area contributed by atoms with E-state index in [1.807, 2.05) is 13.8 Å². The number of carboxylic acids is 1. The molecule has 1 N–H and O–H groups in total. The lowest BCUT2D eigenvalue weighted by Gasteiger charge is -2.33. The van der Waals surface area contributed by atoms with Crippen molar-refractivity contribution in [3.05, 3.63) is 23.4 Å². The molecule has 21 heavy (non-hydrogen) atoms. The first kappa shape index (κ1) is 15.8. The standard InChI is InChI=1S/C17H26N2O2/c1-4-5-13-6-8-19(9-7-13)16-11-14(17(20)21)10-15(18-16)12(2)3/h10-13H,4-9H2,1-3H3,(H,20,21). The Bertz CT molecular complexity index is 492. The molecule has 4 nitrogen and oxygen atoms in total. The summed E-state index contributed by atoms with van der Waals surface area (Å²) in [6, 6.07) is 3.41. The maximum atomic E-state index is 11.3. The van der Waals surface area contributed by atoms with Gasteiger partial charge in [0, 0.05) is 18.8 Å². The van der Waals surface area contributed by atoms with E-state index in [0.29, 0.717) is 5.56 Å². The summed E-state index contributed by atoms with van der Waals surface area (Å²) in [5, 5.41) is 9.28. The smallest absolute Gasteiger partial charge is 0.335 e. The molecule has 0 saturated carbocycles. The van der Waals surface area contributed by atoms with E-state index < -0.39 is 5.97 Å². The second kappa shape index (κ2) is 6.92. The van der Waals surface area contributed by atoms with Gasteiger partial charge in [0.2, 0.25) is 0 Å². The van der Waals surface area contributed by atoms with E-state index in [1.165, 1.54) is 25.7 Å². The fourth-order valence-electron chi connectivity index (χ4n) is 2.98. The second-order valence-corrected chi connectivity index (χ2v) is 6.32. The van der Waals surface area contributed by atoms with Crippen LogP contribution in [-0.2, 0) is 0 Å². The average molecular weight is 290 g/mol. The molecule has 1 aliphatic heterocycles. The van der Waals surface area contributed by atoms with Gasteiger partial charge in [0.25, 0.3) is 0 Å². The first-order valence-corrected chi connectivity index (χ1v) is 8.01. The maximum Gasteiger partial charge on any atom is 0.335 e. The number of carboxylic acid groups (broad SMARTS) is 1. The molecule has 0 atom stereocenters. The number of aromatic carboxylic acids is 1. The molecule has 0 aliphatic carbocycles. The molecule has 2 heterocycles. The molecule has 1 aromatic rings. The quantitative estimate of drug-likeness (QED) is 0.893. The summed E-state index contributed by atoms with van der Waals surface area (Å²) >= 11 is 0. The predicted molar refractivity (Wildman–Crippen MR) is 85.1 cm³/mol. The Morgan fingerprint density at radius 2 is 2.05 bits per heavy atom. The van der Waals surface area contributed by atoms with Gasteiger partial charge in [0.15, 0.2) is 0 Å². The van der Waals surface area contributed by atoms with Crippen molar-refractivity contribution in [2.75, 3.05) is 18.0 Å². The van der Waals surface area contributed by atoms with E-state index in [1.54, 1.807) is 12.1 Å². The van der Waals surface area contributed by atoms with Gasteiger partial charge >= 0.3 is 5.97 Å². The van der Waals surface area contributed by atoms with Crippen molar-refractivity contribution in [3.8, 4) is 0 Å². The molecule has 1 fully saturated rings. The van der Waals surface area contributed by atoms with Gasteiger partial charge in [-0.2, -0.15) is 0 Å². The van der Waals surface area contributed by atoms with Crippen LogP contribution in [0.1, 0.15) is 68.4 Å². The summed E-state index contributed by atoms with van der Waals surface area (Å²) in [6.45, 7) is 8.30. The largest absolute Gasteiger partial charge is 0.478 e. The van der Waals surface area contributed by atoms with Gasteiger partial charge in [-0.25, -0.2) is 9.78 Å². The Balaban J connectivity index is 2.18. The topological polar surface area (TPSA) is 53.4 Å². The number of nitrogens with zero attached hydrogens (tertiary/aromatic N) is 2. The third-order valence-electron chi connectivity index (χ3n) is 4.31. The number of hydrogen-bond donors (Lipinski definition) is 1. The van der Waals surface area contributed by atoms with E-state index >= 15 is 0 Å².